The van der Waals surface area contributed by atoms with Gasteiger partial charge in [-0.1, -0.05) is 60.7 Å². The van der Waals surface area contributed by atoms with Crippen LogP contribution in [-0.2, 0) is 13.1 Å². The summed E-state index contributed by atoms with van der Waals surface area (Å²) in [5.41, 5.74) is 5.88. The highest BCUT2D eigenvalue weighted by molar-refractivity contribution is 6.08. The molecule has 5 aromatic rings. The van der Waals surface area contributed by atoms with Gasteiger partial charge in [-0.05, 0) is 72.4 Å². The molecule has 4 aromatic carbocycles. The number of para-hydroxylation sites is 1. The summed E-state index contributed by atoms with van der Waals surface area (Å²) < 4.78 is 7.89. The summed E-state index contributed by atoms with van der Waals surface area (Å²) in [7, 11) is 7.47. The number of hydrogen-bond acceptors (Lipinski definition) is 4. The Hall–Kier alpha value is -4.88. The second-order valence-electron chi connectivity index (χ2n) is 11.3. The first-order chi connectivity index (χ1) is 20.9. The molecule has 43 heavy (non-hydrogen) atoms. The van der Waals surface area contributed by atoms with Crippen molar-refractivity contribution in [3.05, 3.63) is 120 Å². The minimum absolute atomic E-state index is 0.0286. The topological polar surface area (TPSA) is 58.0 Å². The third kappa shape index (κ3) is 5.40. The molecule has 0 bridgehead atoms. The van der Waals surface area contributed by atoms with Gasteiger partial charge in [0, 0.05) is 42.6 Å². The van der Waals surface area contributed by atoms with E-state index < -0.39 is 0 Å². The molecule has 0 N–H and O–H groups in total. The zero-order valence-electron chi connectivity index (χ0n) is 25.1. The summed E-state index contributed by atoms with van der Waals surface area (Å²) in [5.74, 6) is 0.488. The molecule has 6 rings (SSSR count). The Bertz CT molecular complexity index is 1820. The molecule has 1 aromatic heterocycles. The molecule has 7 heteroatoms. The number of carbonyl (C=O) groups is 2. The number of amides is 2. The van der Waals surface area contributed by atoms with Crippen LogP contribution in [-0.4, -0.2) is 67.5 Å². The van der Waals surface area contributed by atoms with Crippen molar-refractivity contribution in [1.29, 1.82) is 0 Å². The molecule has 218 valence electrons. The van der Waals surface area contributed by atoms with Gasteiger partial charge in [-0.25, -0.2) is 0 Å². The van der Waals surface area contributed by atoms with Crippen molar-refractivity contribution in [2.45, 2.75) is 13.1 Å². The highest BCUT2D eigenvalue weighted by atomic mass is 16.5. The van der Waals surface area contributed by atoms with Crippen molar-refractivity contribution in [2.75, 3.05) is 46.2 Å². The third-order valence-electron chi connectivity index (χ3n) is 8.22. The third-order valence-corrected chi connectivity index (χ3v) is 8.22. The number of aromatic nitrogens is 1. The smallest absolute Gasteiger partial charge is 0.270 e. The monoisotopic (exact) mass is 572 g/mol. The SMILES string of the molecule is COc1cc(C(=O)N2Cc3ccc(C(=O)N(C)CCN(C)C)n3Cc3ccccc32)ccc1-c1cccc2ccccc12. The lowest BCUT2D eigenvalue weighted by molar-refractivity contribution is 0.0775. The Kier molecular flexibility index (Phi) is 7.74. The van der Waals surface area contributed by atoms with E-state index in [4.69, 9.17) is 4.74 Å². The maximum atomic E-state index is 14.2. The minimum atomic E-state index is -0.124. The maximum Gasteiger partial charge on any atom is 0.270 e. The van der Waals surface area contributed by atoms with Crippen LogP contribution in [0.25, 0.3) is 21.9 Å². The molecule has 2 amide bonds. The molecule has 0 spiro atoms. The minimum Gasteiger partial charge on any atom is -0.496 e. The van der Waals surface area contributed by atoms with E-state index in [1.807, 2.05) is 103 Å². The average Bonchev–Trinajstić information content (AvgIpc) is 3.35. The van der Waals surface area contributed by atoms with E-state index in [1.165, 1.54) is 0 Å². The van der Waals surface area contributed by atoms with Gasteiger partial charge in [-0.2, -0.15) is 0 Å². The molecule has 1 aliphatic heterocycles. The normalized spacial score (nSPS) is 12.5. The number of fused-ring (bicyclic) bond motifs is 3. The van der Waals surface area contributed by atoms with Crippen LogP contribution >= 0.6 is 0 Å². The van der Waals surface area contributed by atoms with Crippen LogP contribution in [0.5, 0.6) is 5.75 Å². The number of hydrogen-bond donors (Lipinski definition) is 0. The van der Waals surface area contributed by atoms with E-state index >= 15 is 0 Å². The zero-order chi connectivity index (χ0) is 30.1. The summed E-state index contributed by atoms with van der Waals surface area (Å²) in [5, 5.41) is 2.27. The molecular weight excluding hydrogens is 536 g/mol. The van der Waals surface area contributed by atoms with Crippen LogP contribution in [0, 0.1) is 0 Å². The van der Waals surface area contributed by atoms with E-state index in [2.05, 4.69) is 29.2 Å². The molecule has 0 fully saturated rings. The van der Waals surface area contributed by atoms with E-state index in [0.29, 0.717) is 36.6 Å². The van der Waals surface area contributed by atoms with Gasteiger partial charge in [0.1, 0.15) is 11.4 Å². The van der Waals surface area contributed by atoms with E-state index in [-0.39, 0.29) is 11.8 Å². The van der Waals surface area contributed by atoms with Gasteiger partial charge in [0.2, 0.25) is 0 Å². The van der Waals surface area contributed by atoms with E-state index in [9.17, 15) is 9.59 Å². The standard InChI is InChI=1S/C36H36N4O3/c1-37(2)20-21-38(3)36(42)33-19-17-28-24-40(32-15-8-6-11-27(32)23-39(28)33)35(41)26-16-18-31(34(22-26)43-4)30-14-9-12-25-10-5-7-13-29(25)30/h5-19,22H,20-21,23-24H2,1-4H3. The number of ether oxygens (including phenoxy) is 1. The van der Waals surface area contributed by atoms with Crippen molar-refractivity contribution < 1.29 is 14.3 Å². The maximum absolute atomic E-state index is 14.2. The van der Waals surface area contributed by atoms with E-state index in [0.717, 1.165) is 45.4 Å². The molecule has 0 saturated heterocycles. The van der Waals surface area contributed by atoms with Crippen LogP contribution in [0.3, 0.4) is 0 Å². The predicted molar refractivity (Wildman–Crippen MR) is 172 cm³/mol. The predicted octanol–water partition coefficient (Wildman–Crippen LogP) is 6.16. The van der Waals surface area contributed by atoms with Gasteiger partial charge in [0.05, 0.1) is 20.2 Å². The van der Waals surface area contributed by atoms with Crippen molar-refractivity contribution in [2.24, 2.45) is 0 Å². The first-order valence-electron chi connectivity index (χ1n) is 14.5. The van der Waals surface area contributed by atoms with Crippen molar-refractivity contribution in [3.8, 4) is 16.9 Å². The lowest BCUT2D eigenvalue weighted by atomic mass is 9.96. The molecule has 0 saturated carbocycles. The molecule has 0 atom stereocenters. The zero-order valence-corrected chi connectivity index (χ0v) is 25.1. The van der Waals surface area contributed by atoms with Crippen molar-refractivity contribution >= 4 is 28.3 Å². The number of carbonyl (C=O) groups excluding carboxylic acids is 2. The first-order valence-corrected chi connectivity index (χ1v) is 14.5. The molecule has 0 aliphatic carbocycles. The Balaban J connectivity index is 1.35. The van der Waals surface area contributed by atoms with Gasteiger partial charge in [0.25, 0.3) is 11.8 Å². The second kappa shape index (κ2) is 11.8. The molecule has 2 heterocycles. The fourth-order valence-electron chi connectivity index (χ4n) is 5.84. The van der Waals surface area contributed by atoms with Crippen LogP contribution < -0.4 is 9.64 Å². The molecular formula is C36H36N4O3. The van der Waals surface area contributed by atoms with Crippen LogP contribution in [0.1, 0.15) is 32.1 Å². The van der Waals surface area contributed by atoms with Gasteiger partial charge in [-0.3, -0.25) is 9.59 Å². The Morgan fingerprint density at radius 1 is 0.791 bits per heavy atom. The van der Waals surface area contributed by atoms with Gasteiger partial charge >= 0.3 is 0 Å². The number of methoxy groups -OCH3 is 1. The Morgan fingerprint density at radius 3 is 2.37 bits per heavy atom. The first kappa shape index (κ1) is 28.2. The van der Waals surface area contributed by atoms with E-state index in [1.54, 1.807) is 12.0 Å². The summed E-state index contributed by atoms with van der Waals surface area (Å²) in [6.07, 6.45) is 0. The summed E-state index contributed by atoms with van der Waals surface area (Å²) in [6, 6.07) is 31.9. The fraction of sp³-hybridized carbons (Fsp3) is 0.222. The van der Waals surface area contributed by atoms with Crippen molar-refractivity contribution in [1.82, 2.24) is 14.4 Å². The quantitative estimate of drug-likeness (QED) is 0.235. The van der Waals surface area contributed by atoms with Crippen molar-refractivity contribution in [3.63, 3.8) is 0 Å². The van der Waals surface area contributed by atoms with Gasteiger partial charge < -0.3 is 24.0 Å². The highest BCUT2D eigenvalue weighted by Gasteiger charge is 2.28. The number of nitrogens with zero attached hydrogens (tertiary/aromatic N) is 4. The number of anilines is 1. The Labute approximate surface area is 252 Å². The largest absolute Gasteiger partial charge is 0.496 e. The van der Waals surface area contributed by atoms with Gasteiger partial charge in [0.15, 0.2) is 0 Å². The molecule has 0 unspecified atom stereocenters. The van der Waals surface area contributed by atoms with Crippen LogP contribution in [0.4, 0.5) is 5.69 Å². The van der Waals surface area contributed by atoms with Crippen LogP contribution in [0.2, 0.25) is 0 Å². The second-order valence-corrected chi connectivity index (χ2v) is 11.3. The average molecular weight is 573 g/mol. The van der Waals surface area contributed by atoms with Crippen LogP contribution in [0.15, 0.2) is 97.1 Å². The number of rotatable bonds is 7. The molecule has 7 nitrogen and oxygen atoms in total. The molecule has 1 aliphatic rings. The lowest BCUT2D eigenvalue weighted by Gasteiger charge is -2.23. The fourth-order valence-corrected chi connectivity index (χ4v) is 5.84. The Morgan fingerprint density at radius 2 is 1.56 bits per heavy atom. The highest BCUT2D eigenvalue weighted by Crippen LogP contribution is 2.37. The number of benzene rings is 4. The van der Waals surface area contributed by atoms with Gasteiger partial charge in [-0.15, -0.1) is 0 Å². The summed E-state index contributed by atoms with van der Waals surface area (Å²) >= 11 is 0. The summed E-state index contributed by atoms with van der Waals surface area (Å²) in [6.45, 7) is 2.26. The number of likely N-dealkylation sites (N-methyl/N-ethyl adjacent to an activating group) is 2. The lowest BCUT2D eigenvalue weighted by Crippen LogP contribution is -2.34. The molecule has 0 radical (unpaired) electrons. The summed E-state index contributed by atoms with van der Waals surface area (Å²) in [4.78, 5) is 33.3.